The maximum absolute atomic E-state index is 13.0. The molecule has 2 heterocycles. The zero-order chi connectivity index (χ0) is 27.8. The summed E-state index contributed by atoms with van der Waals surface area (Å²) in [4.78, 5) is 24.2. The second-order valence-corrected chi connectivity index (χ2v) is 8.97. The van der Waals surface area contributed by atoms with E-state index in [1.165, 1.54) is 0 Å². The molecule has 1 saturated heterocycles. The van der Waals surface area contributed by atoms with Gasteiger partial charge < -0.3 is 39.2 Å². The van der Waals surface area contributed by atoms with Crippen LogP contribution in [0, 0.1) is 5.92 Å². The second-order valence-electron chi connectivity index (χ2n) is 8.97. The van der Waals surface area contributed by atoms with Crippen molar-refractivity contribution in [1.29, 1.82) is 0 Å². The van der Waals surface area contributed by atoms with Crippen molar-refractivity contribution in [2.45, 2.75) is 19.4 Å². The molecule has 0 spiro atoms. The Hall–Kier alpha value is -4.41. The monoisotopic (exact) mass is 537 g/mol. The summed E-state index contributed by atoms with van der Waals surface area (Å²) in [5, 5.41) is 6.27. The Morgan fingerprint density at radius 3 is 2.31 bits per heavy atom. The van der Waals surface area contributed by atoms with E-state index in [0.29, 0.717) is 53.5 Å². The van der Waals surface area contributed by atoms with E-state index in [-0.39, 0.29) is 11.8 Å². The van der Waals surface area contributed by atoms with Crippen LogP contribution in [0.1, 0.15) is 18.4 Å². The van der Waals surface area contributed by atoms with Gasteiger partial charge in [0.25, 0.3) is 0 Å². The van der Waals surface area contributed by atoms with Crippen LogP contribution in [0.2, 0.25) is 0 Å². The van der Waals surface area contributed by atoms with Crippen molar-refractivity contribution in [3.05, 3.63) is 48.2 Å². The topological polar surface area (TPSA) is 116 Å². The van der Waals surface area contributed by atoms with Gasteiger partial charge in [0.05, 0.1) is 41.5 Å². The molecule has 1 aromatic heterocycles. The van der Waals surface area contributed by atoms with Gasteiger partial charge in [0.1, 0.15) is 5.82 Å². The number of anilines is 3. The van der Waals surface area contributed by atoms with E-state index in [9.17, 15) is 4.79 Å². The lowest BCUT2D eigenvalue weighted by Crippen LogP contribution is -2.43. The molecule has 0 aliphatic carbocycles. The second kappa shape index (κ2) is 12.9. The standard InChI is InChI=1S/C28H35N5O6/c1-35-21-9-8-18(13-22(21)36-2)16-30-27(34)19-7-6-12-33(17-19)25-10-11-29-28(32-25)31-20-14-23(37-3)26(39-5)24(15-20)38-4/h8-11,13-15,19H,6-7,12,16-17H2,1-5H3,(H,30,34)(H,29,31,32). The maximum atomic E-state index is 13.0. The first-order valence-corrected chi connectivity index (χ1v) is 12.6. The SMILES string of the molecule is COc1ccc(CNC(=O)C2CCCN(c3ccnc(Nc4cc(OC)c(OC)c(OC)c4)n3)C2)cc1OC. The molecule has 1 fully saturated rings. The number of ether oxygens (including phenoxy) is 5. The molecule has 4 rings (SSSR count). The highest BCUT2D eigenvalue weighted by atomic mass is 16.5. The van der Waals surface area contributed by atoms with Gasteiger partial charge in [-0.1, -0.05) is 6.07 Å². The van der Waals surface area contributed by atoms with E-state index in [0.717, 1.165) is 30.8 Å². The number of methoxy groups -OCH3 is 5. The average molecular weight is 538 g/mol. The first-order valence-electron chi connectivity index (χ1n) is 12.6. The van der Waals surface area contributed by atoms with Gasteiger partial charge in [-0.15, -0.1) is 0 Å². The van der Waals surface area contributed by atoms with Crippen LogP contribution in [0.25, 0.3) is 0 Å². The number of carbonyl (C=O) groups excluding carboxylic acids is 1. The van der Waals surface area contributed by atoms with Crippen LogP contribution in [-0.4, -0.2) is 64.5 Å². The Labute approximate surface area is 228 Å². The van der Waals surface area contributed by atoms with Crippen LogP contribution in [0.15, 0.2) is 42.6 Å². The minimum atomic E-state index is -0.152. The fourth-order valence-corrected chi connectivity index (χ4v) is 4.59. The summed E-state index contributed by atoms with van der Waals surface area (Å²) in [6.07, 6.45) is 3.40. The smallest absolute Gasteiger partial charge is 0.229 e. The minimum Gasteiger partial charge on any atom is -0.493 e. The van der Waals surface area contributed by atoms with Crippen LogP contribution >= 0.6 is 0 Å². The predicted molar refractivity (Wildman–Crippen MR) is 148 cm³/mol. The normalized spacial score (nSPS) is 14.8. The number of carbonyl (C=O) groups is 1. The highest BCUT2D eigenvalue weighted by molar-refractivity contribution is 5.79. The number of aromatic nitrogens is 2. The highest BCUT2D eigenvalue weighted by Crippen LogP contribution is 2.40. The van der Waals surface area contributed by atoms with Crippen LogP contribution < -0.4 is 39.2 Å². The van der Waals surface area contributed by atoms with Crippen LogP contribution in [0.3, 0.4) is 0 Å². The molecule has 11 nitrogen and oxygen atoms in total. The van der Waals surface area contributed by atoms with Gasteiger partial charge in [-0.25, -0.2) is 4.98 Å². The van der Waals surface area contributed by atoms with Crippen molar-refractivity contribution in [3.8, 4) is 28.7 Å². The van der Waals surface area contributed by atoms with Crippen molar-refractivity contribution in [2.75, 3.05) is 58.9 Å². The molecule has 1 aliphatic heterocycles. The van der Waals surface area contributed by atoms with Crippen LogP contribution in [-0.2, 0) is 11.3 Å². The van der Waals surface area contributed by atoms with Crippen molar-refractivity contribution in [2.24, 2.45) is 5.92 Å². The minimum absolute atomic E-state index is 0.0133. The highest BCUT2D eigenvalue weighted by Gasteiger charge is 2.27. The van der Waals surface area contributed by atoms with Crippen LogP contribution in [0.4, 0.5) is 17.5 Å². The molecule has 0 bridgehead atoms. The number of rotatable bonds is 11. The maximum Gasteiger partial charge on any atom is 0.229 e. The molecule has 1 unspecified atom stereocenters. The van der Waals surface area contributed by atoms with Crippen molar-refractivity contribution >= 4 is 23.4 Å². The first-order chi connectivity index (χ1) is 19.0. The van der Waals surface area contributed by atoms with Gasteiger partial charge >= 0.3 is 0 Å². The molecule has 0 saturated carbocycles. The van der Waals surface area contributed by atoms with E-state index in [1.54, 1.807) is 53.9 Å². The number of nitrogens with one attached hydrogen (secondary N) is 2. The first kappa shape index (κ1) is 27.6. The third kappa shape index (κ3) is 6.54. The van der Waals surface area contributed by atoms with Gasteiger partial charge in [-0.3, -0.25) is 4.79 Å². The summed E-state index contributed by atoms with van der Waals surface area (Å²) >= 11 is 0. The number of benzene rings is 2. The number of hydrogen-bond donors (Lipinski definition) is 2. The third-order valence-electron chi connectivity index (χ3n) is 6.59. The summed E-state index contributed by atoms with van der Waals surface area (Å²) in [6, 6.07) is 11.0. The third-order valence-corrected chi connectivity index (χ3v) is 6.59. The fourth-order valence-electron chi connectivity index (χ4n) is 4.59. The van der Waals surface area contributed by atoms with Crippen molar-refractivity contribution in [1.82, 2.24) is 15.3 Å². The predicted octanol–water partition coefficient (Wildman–Crippen LogP) is 3.80. The Morgan fingerprint density at radius 2 is 1.64 bits per heavy atom. The molecule has 3 aromatic rings. The lowest BCUT2D eigenvalue weighted by atomic mass is 9.97. The summed E-state index contributed by atoms with van der Waals surface area (Å²) < 4.78 is 26.9. The molecule has 208 valence electrons. The lowest BCUT2D eigenvalue weighted by Gasteiger charge is -2.33. The Balaban J connectivity index is 1.41. The Bertz CT molecular complexity index is 1260. The van der Waals surface area contributed by atoms with Gasteiger partial charge in [0, 0.05) is 43.7 Å². The molecular weight excluding hydrogens is 502 g/mol. The molecular formula is C28H35N5O6. The van der Waals surface area contributed by atoms with Crippen molar-refractivity contribution in [3.63, 3.8) is 0 Å². The van der Waals surface area contributed by atoms with Crippen molar-refractivity contribution < 1.29 is 28.5 Å². The zero-order valence-corrected chi connectivity index (χ0v) is 22.9. The number of piperidine rings is 1. The van der Waals surface area contributed by atoms with Crippen LogP contribution in [0.5, 0.6) is 28.7 Å². The zero-order valence-electron chi connectivity index (χ0n) is 22.9. The Morgan fingerprint density at radius 1 is 0.923 bits per heavy atom. The quantitative estimate of drug-likeness (QED) is 0.374. The van der Waals surface area contributed by atoms with E-state index < -0.39 is 0 Å². The molecule has 39 heavy (non-hydrogen) atoms. The molecule has 0 radical (unpaired) electrons. The summed E-state index contributed by atoms with van der Waals surface area (Å²) in [5.74, 6) is 3.86. The largest absolute Gasteiger partial charge is 0.493 e. The number of hydrogen-bond acceptors (Lipinski definition) is 10. The van der Waals surface area contributed by atoms with Gasteiger partial charge in [0.2, 0.25) is 17.6 Å². The number of nitrogens with zero attached hydrogens (tertiary/aromatic N) is 3. The van der Waals surface area contributed by atoms with E-state index >= 15 is 0 Å². The molecule has 1 atom stereocenters. The summed E-state index contributed by atoms with van der Waals surface area (Å²) in [7, 11) is 7.88. The molecule has 2 aromatic carbocycles. The van der Waals surface area contributed by atoms with Gasteiger partial charge in [0.15, 0.2) is 23.0 Å². The fraction of sp³-hybridized carbons (Fsp3) is 0.393. The van der Waals surface area contributed by atoms with Gasteiger partial charge in [-0.2, -0.15) is 4.98 Å². The number of amides is 1. The Kier molecular flexibility index (Phi) is 9.14. The molecule has 1 amide bonds. The molecule has 1 aliphatic rings. The average Bonchev–Trinajstić information content (AvgIpc) is 2.99. The summed E-state index contributed by atoms with van der Waals surface area (Å²) in [5.41, 5.74) is 1.62. The van der Waals surface area contributed by atoms with E-state index in [4.69, 9.17) is 28.7 Å². The molecule has 2 N–H and O–H groups in total. The summed E-state index contributed by atoms with van der Waals surface area (Å²) in [6.45, 7) is 1.78. The van der Waals surface area contributed by atoms with E-state index in [2.05, 4.69) is 20.5 Å². The van der Waals surface area contributed by atoms with Gasteiger partial charge in [-0.05, 0) is 36.6 Å². The van der Waals surface area contributed by atoms with E-state index in [1.807, 2.05) is 24.3 Å². The molecule has 11 heteroatoms. The lowest BCUT2D eigenvalue weighted by molar-refractivity contribution is -0.125.